The lowest BCUT2D eigenvalue weighted by Crippen LogP contribution is -2.32. The van der Waals surface area contributed by atoms with Crippen LogP contribution in [-0.4, -0.2) is 22.9 Å². The number of fused-ring (bicyclic) bond motifs is 3. The van der Waals surface area contributed by atoms with Crippen molar-refractivity contribution in [1.82, 2.24) is 0 Å². The number of rotatable bonds is 4. The highest BCUT2D eigenvalue weighted by Crippen LogP contribution is 2.44. The number of aromatic hydroxyl groups is 2. The maximum atomic E-state index is 13.6. The van der Waals surface area contributed by atoms with E-state index in [1.165, 1.54) is 13.2 Å². The highest BCUT2D eigenvalue weighted by molar-refractivity contribution is 5.97. The molecule has 0 saturated carbocycles. The van der Waals surface area contributed by atoms with E-state index in [0.29, 0.717) is 41.0 Å². The van der Waals surface area contributed by atoms with Crippen LogP contribution < -0.4 is 14.9 Å². The molecular formula is C24H28O6. The predicted molar refractivity (Wildman–Crippen MR) is 116 cm³/mol. The van der Waals surface area contributed by atoms with Gasteiger partial charge in [-0.15, -0.1) is 0 Å². The van der Waals surface area contributed by atoms with Gasteiger partial charge in [0.25, 0.3) is 0 Å². The molecule has 6 heteroatoms. The topological polar surface area (TPSA) is 89.1 Å². The Morgan fingerprint density at radius 2 is 1.87 bits per heavy atom. The number of hydrogen-bond acceptors (Lipinski definition) is 6. The van der Waals surface area contributed by atoms with Gasteiger partial charge >= 0.3 is 0 Å². The van der Waals surface area contributed by atoms with Gasteiger partial charge in [-0.1, -0.05) is 13.8 Å². The lowest BCUT2D eigenvalue weighted by Gasteiger charge is -2.33. The first-order valence-corrected chi connectivity index (χ1v) is 10.4. The Morgan fingerprint density at radius 1 is 1.17 bits per heavy atom. The fraction of sp³-hybridized carbons (Fsp3) is 0.458. The summed E-state index contributed by atoms with van der Waals surface area (Å²) in [6, 6.07) is 3.07. The maximum absolute atomic E-state index is 13.6. The molecule has 2 aromatic carbocycles. The summed E-state index contributed by atoms with van der Waals surface area (Å²) in [5.74, 6) is 1.04. The fourth-order valence-electron chi connectivity index (χ4n) is 4.22. The molecule has 0 radical (unpaired) electrons. The van der Waals surface area contributed by atoms with Crippen molar-refractivity contribution in [3.63, 3.8) is 0 Å². The highest BCUT2D eigenvalue weighted by Gasteiger charge is 2.31. The van der Waals surface area contributed by atoms with Crippen LogP contribution in [0.1, 0.15) is 51.7 Å². The number of ether oxygens (including phenoxy) is 2. The molecular weight excluding hydrogens is 384 g/mol. The molecule has 30 heavy (non-hydrogen) atoms. The first-order valence-electron chi connectivity index (χ1n) is 10.4. The summed E-state index contributed by atoms with van der Waals surface area (Å²) >= 11 is 0. The third-order valence-corrected chi connectivity index (χ3v) is 5.86. The standard InChI is InChI=1S/C24H28O6/c1-12(2)6-7-14-19-17(10-15(25)23(14)28-5)29-18-11-16-13(8-9-24(3,4)30-16)21(26)20(18)22(19)27/h10-12,25-26H,6-9H2,1-5H3. The number of methoxy groups -OCH3 is 1. The Morgan fingerprint density at radius 3 is 2.53 bits per heavy atom. The zero-order valence-corrected chi connectivity index (χ0v) is 18.1. The van der Waals surface area contributed by atoms with Crippen LogP contribution in [0, 0.1) is 5.92 Å². The number of hydrogen-bond donors (Lipinski definition) is 2. The van der Waals surface area contributed by atoms with Crippen molar-refractivity contribution in [3.8, 4) is 23.0 Å². The third kappa shape index (κ3) is 3.24. The first kappa shape index (κ1) is 20.4. The molecule has 0 unspecified atom stereocenters. The summed E-state index contributed by atoms with van der Waals surface area (Å²) < 4.78 is 17.4. The molecule has 0 bridgehead atoms. The number of phenols is 2. The minimum absolute atomic E-state index is 0.0779. The minimum Gasteiger partial charge on any atom is -0.507 e. The van der Waals surface area contributed by atoms with E-state index < -0.39 is 0 Å². The number of aryl methyl sites for hydroxylation is 1. The second kappa shape index (κ2) is 7.11. The van der Waals surface area contributed by atoms with Crippen molar-refractivity contribution in [2.24, 2.45) is 5.92 Å². The zero-order valence-electron chi connectivity index (χ0n) is 18.1. The summed E-state index contributed by atoms with van der Waals surface area (Å²) in [4.78, 5) is 13.6. The van der Waals surface area contributed by atoms with E-state index in [4.69, 9.17) is 13.9 Å². The van der Waals surface area contributed by atoms with Crippen molar-refractivity contribution in [2.75, 3.05) is 7.11 Å². The predicted octanol–water partition coefficient (Wildman–Crippen LogP) is 5.06. The smallest absolute Gasteiger partial charge is 0.204 e. The molecule has 1 aliphatic heterocycles. The lowest BCUT2D eigenvalue weighted by molar-refractivity contribution is 0.0839. The van der Waals surface area contributed by atoms with Gasteiger partial charge in [0.1, 0.15) is 33.7 Å². The molecule has 1 aliphatic rings. The average molecular weight is 412 g/mol. The highest BCUT2D eigenvalue weighted by atomic mass is 16.5. The summed E-state index contributed by atoms with van der Waals surface area (Å²) in [6.45, 7) is 8.15. The number of phenolic OH excluding ortho intramolecular Hbond substituents is 2. The van der Waals surface area contributed by atoms with Gasteiger partial charge in [-0.25, -0.2) is 0 Å². The van der Waals surface area contributed by atoms with E-state index in [0.717, 1.165) is 12.8 Å². The summed E-state index contributed by atoms with van der Waals surface area (Å²) in [7, 11) is 1.47. The monoisotopic (exact) mass is 412 g/mol. The molecule has 3 aromatic rings. The van der Waals surface area contributed by atoms with Gasteiger partial charge in [-0.05, 0) is 45.4 Å². The van der Waals surface area contributed by atoms with Crippen molar-refractivity contribution in [3.05, 3.63) is 33.5 Å². The normalized spacial score (nSPS) is 15.4. The van der Waals surface area contributed by atoms with Gasteiger partial charge in [-0.3, -0.25) is 4.79 Å². The Balaban J connectivity index is 2.06. The largest absolute Gasteiger partial charge is 0.507 e. The van der Waals surface area contributed by atoms with E-state index >= 15 is 0 Å². The summed E-state index contributed by atoms with van der Waals surface area (Å²) in [5, 5.41) is 21.9. The van der Waals surface area contributed by atoms with E-state index in [1.54, 1.807) is 6.07 Å². The molecule has 6 nitrogen and oxygen atoms in total. The summed E-state index contributed by atoms with van der Waals surface area (Å²) in [5.41, 5.74) is 1.04. The van der Waals surface area contributed by atoms with Crippen LogP contribution in [0.2, 0.25) is 0 Å². The molecule has 2 heterocycles. The van der Waals surface area contributed by atoms with E-state index in [1.807, 2.05) is 13.8 Å². The lowest BCUT2D eigenvalue weighted by atomic mass is 9.92. The summed E-state index contributed by atoms with van der Waals surface area (Å²) in [6.07, 6.45) is 2.70. The molecule has 0 saturated heterocycles. The quantitative estimate of drug-likeness (QED) is 0.583. The first-order chi connectivity index (χ1) is 14.1. The third-order valence-electron chi connectivity index (χ3n) is 5.86. The van der Waals surface area contributed by atoms with Crippen LogP contribution >= 0.6 is 0 Å². The van der Waals surface area contributed by atoms with Crippen LogP contribution in [0.25, 0.3) is 21.9 Å². The molecule has 1 aromatic heterocycles. The van der Waals surface area contributed by atoms with E-state index in [9.17, 15) is 15.0 Å². The second-order valence-electron chi connectivity index (χ2n) is 9.08. The van der Waals surface area contributed by atoms with Crippen LogP contribution in [0.3, 0.4) is 0 Å². The van der Waals surface area contributed by atoms with E-state index in [2.05, 4.69) is 13.8 Å². The molecule has 0 aliphatic carbocycles. The molecule has 0 spiro atoms. The molecule has 2 N–H and O–H groups in total. The average Bonchev–Trinajstić information content (AvgIpc) is 2.64. The Bertz CT molecular complexity index is 1200. The maximum Gasteiger partial charge on any atom is 0.204 e. The van der Waals surface area contributed by atoms with Gasteiger partial charge in [-0.2, -0.15) is 0 Å². The van der Waals surface area contributed by atoms with Crippen LogP contribution in [0.4, 0.5) is 0 Å². The van der Waals surface area contributed by atoms with Gasteiger partial charge < -0.3 is 24.1 Å². The Hall–Kier alpha value is -2.89. The van der Waals surface area contributed by atoms with Gasteiger partial charge in [0.15, 0.2) is 11.5 Å². The molecule has 160 valence electrons. The van der Waals surface area contributed by atoms with Gasteiger partial charge in [0, 0.05) is 23.3 Å². The Labute approximate surface area is 175 Å². The number of benzene rings is 2. The zero-order chi connectivity index (χ0) is 21.8. The van der Waals surface area contributed by atoms with Crippen molar-refractivity contribution in [1.29, 1.82) is 0 Å². The van der Waals surface area contributed by atoms with Gasteiger partial charge in [0.05, 0.1) is 12.5 Å². The molecule has 0 atom stereocenters. The fourth-order valence-corrected chi connectivity index (χ4v) is 4.22. The van der Waals surface area contributed by atoms with Crippen molar-refractivity contribution < 1.29 is 24.1 Å². The van der Waals surface area contributed by atoms with Crippen LogP contribution in [0.15, 0.2) is 21.3 Å². The molecule has 0 amide bonds. The van der Waals surface area contributed by atoms with E-state index in [-0.39, 0.29) is 44.8 Å². The molecule has 0 fully saturated rings. The van der Waals surface area contributed by atoms with Crippen molar-refractivity contribution >= 4 is 21.9 Å². The molecule has 4 rings (SSSR count). The van der Waals surface area contributed by atoms with Crippen LogP contribution in [0.5, 0.6) is 23.0 Å². The van der Waals surface area contributed by atoms with Crippen molar-refractivity contribution in [2.45, 2.75) is 59.0 Å². The second-order valence-corrected chi connectivity index (χ2v) is 9.08. The minimum atomic E-state index is -0.361. The Kier molecular flexibility index (Phi) is 4.83. The SMILES string of the molecule is COc1c(O)cc2oc3cc4c(c(O)c3c(=O)c2c1CCC(C)C)CCC(C)(C)O4. The van der Waals surface area contributed by atoms with Crippen LogP contribution in [-0.2, 0) is 12.8 Å². The van der Waals surface area contributed by atoms with Gasteiger partial charge in [0.2, 0.25) is 5.43 Å².